The number of carbonyl (C=O) groups excluding carboxylic acids is 2. The maximum Gasteiger partial charge on any atom is 0.225 e. The molecular formula is C19H28N2O3. The molecule has 1 fully saturated rings. The van der Waals surface area contributed by atoms with Gasteiger partial charge in [-0.25, -0.2) is 0 Å². The summed E-state index contributed by atoms with van der Waals surface area (Å²) in [6.45, 7) is 7.17. The molecule has 1 atom stereocenters. The Hall–Kier alpha value is -1.88. The van der Waals surface area contributed by atoms with E-state index in [0.717, 1.165) is 12.8 Å². The second-order valence-electron chi connectivity index (χ2n) is 6.32. The van der Waals surface area contributed by atoms with Crippen LogP contribution in [0.25, 0.3) is 0 Å². The van der Waals surface area contributed by atoms with E-state index in [9.17, 15) is 9.59 Å². The predicted molar refractivity (Wildman–Crippen MR) is 93.7 cm³/mol. The Balaban J connectivity index is 1.72. The fraction of sp³-hybridized carbons (Fsp3) is 0.579. The Kier molecular flexibility index (Phi) is 7.25. The molecule has 0 bridgehead atoms. The SMILES string of the molecule is CCOCCCNC(=O)[C@@H]1CC(=O)N(CCc2ccc(C)cc2)C1. The Morgan fingerprint density at radius 3 is 2.79 bits per heavy atom. The molecule has 0 radical (unpaired) electrons. The van der Waals surface area contributed by atoms with Crippen molar-refractivity contribution in [1.82, 2.24) is 10.2 Å². The van der Waals surface area contributed by atoms with Gasteiger partial charge in [-0.2, -0.15) is 0 Å². The third-order valence-electron chi connectivity index (χ3n) is 4.35. The average Bonchev–Trinajstić information content (AvgIpc) is 2.95. The van der Waals surface area contributed by atoms with Gasteiger partial charge in [-0.15, -0.1) is 0 Å². The summed E-state index contributed by atoms with van der Waals surface area (Å²) in [5.74, 6) is -0.156. The van der Waals surface area contributed by atoms with Gasteiger partial charge >= 0.3 is 0 Å². The van der Waals surface area contributed by atoms with Crippen LogP contribution >= 0.6 is 0 Å². The Bertz CT molecular complexity index is 542. The van der Waals surface area contributed by atoms with Crippen LogP contribution in [0.15, 0.2) is 24.3 Å². The van der Waals surface area contributed by atoms with E-state index in [2.05, 4.69) is 36.5 Å². The van der Waals surface area contributed by atoms with Crippen LogP contribution in [0.2, 0.25) is 0 Å². The zero-order valence-corrected chi connectivity index (χ0v) is 14.7. The van der Waals surface area contributed by atoms with Crippen LogP contribution in [0.4, 0.5) is 0 Å². The van der Waals surface area contributed by atoms with E-state index >= 15 is 0 Å². The van der Waals surface area contributed by atoms with Crippen molar-refractivity contribution in [3.63, 3.8) is 0 Å². The van der Waals surface area contributed by atoms with Gasteiger partial charge in [0, 0.05) is 39.3 Å². The number of hydrogen-bond acceptors (Lipinski definition) is 3. The minimum atomic E-state index is -0.220. The van der Waals surface area contributed by atoms with Crippen molar-refractivity contribution in [3.8, 4) is 0 Å². The number of rotatable bonds is 9. The van der Waals surface area contributed by atoms with Crippen molar-refractivity contribution < 1.29 is 14.3 Å². The van der Waals surface area contributed by atoms with E-state index in [0.29, 0.717) is 39.3 Å². The summed E-state index contributed by atoms with van der Waals surface area (Å²) in [5, 5.41) is 2.91. The summed E-state index contributed by atoms with van der Waals surface area (Å²) < 4.78 is 5.24. The molecule has 1 saturated heterocycles. The van der Waals surface area contributed by atoms with E-state index in [1.807, 2.05) is 11.8 Å². The second-order valence-corrected chi connectivity index (χ2v) is 6.32. The van der Waals surface area contributed by atoms with Crippen LogP contribution in [-0.4, -0.2) is 49.6 Å². The van der Waals surface area contributed by atoms with E-state index in [4.69, 9.17) is 4.74 Å². The molecule has 0 aromatic heterocycles. The molecule has 2 rings (SSSR count). The van der Waals surface area contributed by atoms with Crippen LogP contribution in [0.5, 0.6) is 0 Å². The molecule has 0 saturated carbocycles. The topological polar surface area (TPSA) is 58.6 Å². The van der Waals surface area contributed by atoms with Crippen molar-refractivity contribution in [2.24, 2.45) is 5.92 Å². The number of amides is 2. The Labute approximate surface area is 144 Å². The molecule has 5 nitrogen and oxygen atoms in total. The summed E-state index contributed by atoms with van der Waals surface area (Å²) in [5.41, 5.74) is 2.45. The van der Waals surface area contributed by atoms with E-state index in [1.54, 1.807) is 0 Å². The van der Waals surface area contributed by atoms with Crippen molar-refractivity contribution in [1.29, 1.82) is 0 Å². The van der Waals surface area contributed by atoms with Gasteiger partial charge in [0.25, 0.3) is 0 Å². The fourth-order valence-corrected chi connectivity index (χ4v) is 2.86. The number of likely N-dealkylation sites (tertiary alicyclic amines) is 1. The maximum atomic E-state index is 12.2. The third kappa shape index (κ3) is 5.64. The highest BCUT2D eigenvalue weighted by molar-refractivity contribution is 5.89. The first-order valence-electron chi connectivity index (χ1n) is 8.79. The molecule has 24 heavy (non-hydrogen) atoms. The van der Waals surface area contributed by atoms with Crippen LogP contribution in [0.3, 0.4) is 0 Å². The molecule has 0 aliphatic carbocycles. The Morgan fingerprint density at radius 1 is 1.33 bits per heavy atom. The highest BCUT2D eigenvalue weighted by Gasteiger charge is 2.33. The minimum absolute atomic E-state index is 0.0160. The van der Waals surface area contributed by atoms with Gasteiger partial charge in [0.15, 0.2) is 0 Å². The first kappa shape index (κ1) is 18.5. The standard InChI is InChI=1S/C19H28N2O3/c1-3-24-12-4-10-20-19(23)17-13-18(22)21(14-17)11-9-16-7-5-15(2)6-8-16/h5-8,17H,3-4,9-14H2,1-2H3,(H,20,23)/t17-/m1/s1. The van der Waals surface area contributed by atoms with Gasteiger partial charge in [-0.05, 0) is 32.3 Å². The van der Waals surface area contributed by atoms with Crippen molar-refractivity contribution in [2.75, 3.05) is 32.8 Å². The van der Waals surface area contributed by atoms with Crippen molar-refractivity contribution in [3.05, 3.63) is 35.4 Å². The minimum Gasteiger partial charge on any atom is -0.382 e. The summed E-state index contributed by atoms with van der Waals surface area (Å²) in [6.07, 6.45) is 1.96. The summed E-state index contributed by atoms with van der Waals surface area (Å²) >= 11 is 0. The molecule has 132 valence electrons. The Morgan fingerprint density at radius 2 is 2.08 bits per heavy atom. The molecule has 5 heteroatoms. The average molecular weight is 332 g/mol. The molecule has 1 N–H and O–H groups in total. The molecule has 1 aromatic carbocycles. The largest absolute Gasteiger partial charge is 0.382 e. The molecule has 1 aromatic rings. The monoisotopic (exact) mass is 332 g/mol. The lowest BCUT2D eigenvalue weighted by Gasteiger charge is -2.16. The van der Waals surface area contributed by atoms with Gasteiger partial charge < -0.3 is 15.0 Å². The quantitative estimate of drug-likeness (QED) is 0.703. The lowest BCUT2D eigenvalue weighted by molar-refractivity contribution is -0.129. The third-order valence-corrected chi connectivity index (χ3v) is 4.35. The van der Waals surface area contributed by atoms with Gasteiger partial charge in [-0.3, -0.25) is 9.59 Å². The molecule has 0 unspecified atom stereocenters. The first-order chi connectivity index (χ1) is 11.6. The molecule has 1 aliphatic heterocycles. The fourth-order valence-electron chi connectivity index (χ4n) is 2.86. The zero-order valence-electron chi connectivity index (χ0n) is 14.7. The summed E-state index contributed by atoms with van der Waals surface area (Å²) in [4.78, 5) is 26.1. The second kappa shape index (κ2) is 9.42. The van der Waals surface area contributed by atoms with Crippen LogP contribution in [-0.2, 0) is 20.7 Å². The number of ether oxygens (including phenoxy) is 1. The zero-order chi connectivity index (χ0) is 17.4. The van der Waals surface area contributed by atoms with Crippen LogP contribution in [0, 0.1) is 12.8 Å². The lowest BCUT2D eigenvalue weighted by atomic mass is 10.1. The van der Waals surface area contributed by atoms with Crippen molar-refractivity contribution >= 4 is 11.8 Å². The highest BCUT2D eigenvalue weighted by atomic mass is 16.5. The number of hydrogen-bond donors (Lipinski definition) is 1. The van der Waals surface area contributed by atoms with Gasteiger partial charge in [0.2, 0.25) is 11.8 Å². The smallest absolute Gasteiger partial charge is 0.225 e. The molecule has 2 amide bonds. The molecular weight excluding hydrogens is 304 g/mol. The van der Waals surface area contributed by atoms with Crippen LogP contribution in [0.1, 0.15) is 30.9 Å². The lowest BCUT2D eigenvalue weighted by Crippen LogP contribution is -2.34. The first-order valence-corrected chi connectivity index (χ1v) is 8.79. The summed E-state index contributed by atoms with van der Waals surface area (Å²) in [6, 6.07) is 8.36. The number of nitrogens with zero attached hydrogens (tertiary/aromatic N) is 1. The van der Waals surface area contributed by atoms with Crippen LogP contribution < -0.4 is 5.32 Å². The number of carbonyl (C=O) groups is 2. The predicted octanol–water partition coefficient (Wildman–Crippen LogP) is 1.93. The van der Waals surface area contributed by atoms with E-state index in [-0.39, 0.29) is 17.7 Å². The van der Waals surface area contributed by atoms with Gasteiger partial charge in [0.05, 0.1) is 5.92 Å². The number of aryl methyl sites for hydroxylation is 1. The summed E-state index contributed by atoms with van der Waals surface area (Å²) in [7, 11) is 0. The van der Waals surface area contributed by atoms with E-state index < -0.39 is 0 Å². The number of benzene rings is 1. The number of nitrogens with one attached hydrogen (secondary N) is 1. The highest BCUT2D eigenvalue weighted by Crippen LogP contribution is 2.18. The molecule has 1 aliphatic rings. The maximum absolute atomic E-state index is 12.2. The van der Waals surface area contributed by atoms with E-state index in [1.165, 1.54) is 11.1 Å². The van der Waals surface area contributed by atoms with Gasteiger partial charge in [-0.1, -0.05) is 29.8 Å². The van der Waals surface area contributed by atoms with Gasteiger partial charge in [0.1, 0.15) is 0 Å². The normalized spacial score (nSPS) is 17.3. The molecule has 1 heterocycles. The van der Waals surface area contributed by atoms with Crippen molar-refractivity contribution in [2.45, 2.75) is 33.1 Å². The molecule has 0 spiro atoms.